The molecule has 0 aliphatic carbocycles. The first kappa shape index (κ1) is 46.9. The average Bonchev–Trinajstić information content (AvgIpc) is 3.60. The zero-order valence-corrected chi connectivity index (χ0v) is 36.1. The highest BCUT2D eigenvalue weighted by atomic mass is 16.6. The summed E-state index contributed by atoms with van der Waals surface area (Å²) in [6.45, 7) is 11.6. The first-order valence-corrected chi connectivity index (χ1v) is 21.1. The summed E-state index contributed by atoms with van der Waals surface area (Å²) in [5.41, 5.74) is -1.62. The van der Waals surface area contributed by atoms with Crippen LogP contribution in [-0.4, -0.2) is 126 Å². The molecule has 1 aromatic rings. The van der Waals surface area contributed by atoms with Gasteiger partial charge in [-0.15, -0.1) is 0 Å². The number of aliphatic hydroxyl groups is 1. The van der Waals surface area contributed by atoms with Crippen molar-refractivity contribution in [2.45, 2.75) is 159 Å². The number of hydrogen-bond acceptors (Lipinski definition) is 10. The maximum Gasteiger partial charge on any atom is 0.407 e. The van der Waals surface area contributed by atoms with Gasteiger partial charge in [0, 0.05) is 26.6 Å². The first-order chi connectivity index (χ1) is 27.3. The lowest BCUT2D eigenvalue weighted by Crippen LogP contribution is -2.62. The number of nitrogens with zero attached hydrogens (tertiary/aromatic N) is 2. The summed E-state index contributed by atoms with van der Waals surface area (Å²) >= 11 is 0. The molecule has 4 rings (SSSR count). The van der Waals surface area contributed by atoms with Crippen molar-refractivity contribution in [2.75, 3.05) is 40.5 Å². The van der Waals surface area contributed by atoms with Crippen LogP contribution in [0.3, 0.4) is 0 Å². The summed E-state index contributed by atoms with van der Waals surface area (Å²) in [6.07, 6.45) is 6.89. The Morgan fingerprint density at radius 3 is 2.22 bits per heavy atom. The number of fused-ring (bicyclic) bond motifs is 3. The van der Waals surface area contributed by atoms with Crippen LogP contribution in [0.1, 0.15) is 124 Å². The molecule has 5 amide bonds. The molecule has 326 valence electrons. The van der Waals surface area contributed by atoms with E-state index in [1.807, 2.05) is 52.5 Å². The van der Waals surface area contributed by atoms with E-state index in [1.165, 1.54) is 4.90 Å². The Hall–Kier alpha value is -3.79. The van der Waals surface area contributed by atoms with Gasteiger partial charge in [-0.25, -0.2) is 4.79 Å². The van der Waals surface area contributed by atoms with Gasteiger partial charge < -0.3 is 45.5 Å². The molecule has 3 heterocycles. The molecule has 15 heteroatoms. The van der Waals surface area contributed by atoms with Crippen LogP contribution in [0.4, 0.5) is 4.79 Å². The predicted molar refractivity (Wildman–Crippen MR) is 219 cm³/mol. The van der Waals surface area contributed by atoms with Gasteiger partial charge in [0.2, 0.25) is 17.7 Å². The summed E-state index contributed by atoms with van der Waals surface area (Å²) in [7, 11) is 3.19. The molecule has 0 saturated carbocycles. The molecule has 3 saturated heterocycles. The van der Waals surface area contributed by atoms with Crippen molar-refractivity contribution in [2.24, 2.45) is 5.92 Å². The Kier molecular flexibility index (Phi) is 16.9. The number of aliphatic hydroxyl groups excluding tert-OH is 1. The molecule has 58 heavy (non-hydrogen) atoms. The normalized spacial score (nSPS) is 27.5. The van der Waals surface area contributed by atoms with Crippen molar-refractivity contribution < 1.29 is 43.3 Å². The van der Waals surface area contributed by atoms with Crippen molar-refractivity contribution in [3.8, 4) is 0 Å². The van der Waals surface area contributed by atoms with E-state index in [0.29, 0.717) is 31.4 Å². The van der Waals surface area contributed by atoms with E-state index in [-0.39, 0.29) is 43.2 Å². The van der Waals surface area contributed by atoms with E-state index >= 15 is 0 Å². The number of hydrogen-bond donors (Lipinski definition) is 5. The van der Waals surface area contributed by atoms with E-state index in [4.69, 9.17) is 14.2 Å². The van der Waals surface area contributed by atoms with Gasteiger partial charge in [0.15, 0.2) is 6.10 Å². The maximum absolute atomic E-state index is 14.7. The minimum absolute atomic E-state index is 0.0936. The molecule has 3 fully saturated rings. The SMILES string of the molecule is CN(C)C(=O)[C@@H](NC(=O)CNC(=O)C(O)[C@@H]1CCCCCCCCCC[C@H](NC(=O)OC(C)(C)C)COCN2C[C@@H]3OC(C)(C)CC3C2(C)C(=O)N1)c1ccccc1. The third-order valence-corrected chi connectivity index (χ3v) is 11.5. The van der Waals surface area contributed by atoms with Gasteiger partial charge in [0.25, 0.3) is 5.91 Å². The molecule has 0 spiro atoms. The Balaban J connectivity index is 1.50. The van der Waals surface area contributed by atoms with Gasteiger partial charge in [-0.3, -0.25) is 24.1 Å². The van der Waals surface area contributed by atoms with Crippen LogP contribution in [0.25, 0.3) is 0 Å². The number of nitrogens with one attached hydrogen (secondary N) is 4. The van der Waals surface area contributed by atoms with Crippen molar-refractivity contribution in [3.63, 3.8) is 0 Å². The molecule has 1 aromatic carbocycles. The van der Waals surface area contributed by atoms with Crippen LogP contribution in [-0.2, 0) is 33.4 Å². The highest BCUT2D eigenvalue weighted by Gasteiger charge is 2.61. The number of benzene rings is 1. The highest BCUT2D eigenvalue weighted by Crippen LogP contribution is 2.48. The van der Waals surface area contributed by atoms with E-state index in [9.17, 15) is 29.1 Å². The van der Waals surface area contributed by atoms with E-state index in [0.717, 1.165) is 51.4 Å². The second-order valence-corrected chi connectivity index (χ2v) is 18.2. The number of amides is 5. The fourth-order valence-corrected chi connectivity index (χ4v) is 8.34. The Bertz CT molecular complexity index is 1540. The number of likely N-dealkylation sites (N-methyl/N-ethyl adjacent to an activating group) is 1. The standard InChI is InChI=1S/C43H70N6O9/c1-41(2,3)58-40(55)45-30-22-18-13-11-9-10-12-14-19-23-32(46-39(54)43(6)31-24-42(4,5)57-33(31)26-49(43)28-56-27-30)36(51)37(52)44-25-34(50)47-35(38(53)48(7)8)29-20-16-15-17-21-29/h15-17,20-21,30-33,35-36,51H,9-14,18-19,22-28H2,1-8H3,(H,44,52)(H,45,55)(H,46,54)(H,47,50)/t30-,31?,32-,33-,35-,36?,43?/m0/s1. The minimum Gasteiger partial charge on any atom is -0.444 e. The molecule has 7 atom stereocenters. The molecule has 5 N–H and O–H groups in total. The van der Waals surface area contributed by atoms with Gasteiger partial charge >= 0.3 is 6.09 Å². The van der Waals surface area contributed by atoms with Crippen LogP contribution in [0.5, 0.6) is 0 Å². The van der Waals surface area contributed by atoms with Crippen LogP contribution in [0, 0.1) is 5.92 Å². The lowest BCUT2D eigenvalue weighted by molar-refractivity contribution is -0.141. The molecular formula is C43H70N6O9. The third kappa shape index (κ3) is 13.4. The Morgan fingerprint density at radius 2 is 1.60 bits per heavy atom. The maximum atomic E-state index is 14.7. The van der Waals surface area contributed by atoms with Gasteiger partial charge in [0.1, 0.15) is 23.9 Å². The van der Waals surface area contributed by atoms with Gasteiger partial charge in [-0.1, -0.05) is 81.7 Å². The van der Waals surface area contributed by atoms with Crippen molar-refractivity contribution in [3.05, 3.63) is 35.9 Å². The summed E-state index contributed by atoms with van der Waals surface area (Å²) in [4.78, 5) is 70.3. The van der Waals surface area contributed by atoms with Crippen LogP contribution < -0.4 is 21.3 Å². The molecule has 3 unspecified atom stereocenters. The fraction of sp³-hybridized carbons (Fsp3) is 0.744. The van der Waals surface area contributed by atoms with E-state index < -0.39 is 59.4 Å². The van der Waals surface area contributed by atoms with Gasteiger partial charge in [-0.2, -0.15) is 0 Å². The summed E-state index contributed by atoms with van der Waals surface area (Å²) in [5.74, 6) is -2.31. The second-order valence-electron chi connectivity index (χ2n) is 18.2. The number of rotatable bonds is 8. The lowest BCUT2D eigenvalue weighted by atomic mass is 9.80. The van der Waals surface area contributed by atoms with E-state index in [2.05, 4.69) is 21.3 Å². The largest absolute Gasteiger partial charge is 0.444 e. The summed E-state index contributed by atoms with van der Waals surface area (Å²) in [6, 6.07) is 6.62. The van der Waals surface area contributed by atoms with Crippen molar-refractivity contribution >= 4 is 29.7 Å². The van der Waals surface area contributed by atoms with Gasteiger partial charge in [0.05, 0.1) is 36.9 Å². The Morgan fingerprint density at radius 1 is 0.983 bits per heavy atom. The summed E-state index contributed by atoms with van der Waals surface area (Å²) in [5, 5.41) is 22.8. The van der Waals surface area contributed by atoms with Crippen molar-refractivity contribution in [1.29, 1.82) is 0 Å². The van der Waals surface area contributed by atoms with Crippen molar-refractivity contribution in [1.82, 2.24) is 31.1 Å². The topological polar surface area (TPSA) is 188 Å². The molecule has 0 aromatic heterocycles. The number of ether oxygens (including phenoxy) is 3. The average molecular weight is 815 g/mol. The lowest BCUT2D eigenvalue weighted by Gasteiger charge is -2.39. The molecule has 3 aliphatic rings. The molecule has 0 bridgehead atoms. The monoisotopic (exact) mass is 815 g/mol. The number of carbonyl (C=O) groups excluding carboxylic acids is 5. The number of carbonyl (C=O) groups is 5. The van der Waals surface area contributed by atoms with E-state index in [1.54, 1.807) is 38.4 Å². The summed E-state index contributed by atoms with van der Waals surface area (Å²) < 4.78 is 18.3. The predicted octanol–water partition coefficient (Wildman–Crippen LogP) is 3.93. The molecule has 3 aliphatic heterocycles. The van der Waals surface area contributed by atoms with Crippen LogP contribution in [0.15, 0.2) is 30.3 Å². The van der Waals surface area contributed by atoms with Crippen LogP contribution in [0.2, 0.25) is 0 Å². The second kappa shape index (κ2) is 20.9. The van der Waals surface area contributed by atoms with Crippen LogP contribution >= 0.6 is 0 Å². The third-order valence-electron chi connectivity index (χ3n) is 11.5. The van der Waals surface area contributed by atoms with Gasteiger partial charge in [-0.05, 0) is 66.4 Å². The molecule has 0 radical (unpaired) electrons. The Labute approximate surface area is 345 Å². The quantitative estimate of drug-likeness (QED) is 0.258. The number of alkyl carbamates (subject to hydrolysis) is 1. The fourth-order valence-electron chi connectivity index (χ4n) is 8.34. The zero-order valence-electron chi connectivity index (χ0n) is 36.1. The minimum atomic E-state index is -1.65. The molecular weight excluding hydrogens is 745 g/mol. The first-order valence-electron chi connectivity index (χ1n) is 21.1. The molecule has 15 nitrogen and oxygen atoms in total. The zero-order chi connectivity index (χ0) is 42.7. The smallest absolute Gasteiger partial charge is 0.407 e. The highest BCUT2D eigenvalue weighted by molar-refractivity contribution is 5.92.